The van der Waals surface area contributed by atoms with Crippen LogP contribution in [0.4, 0.5) is 26.3 Å². The number of aliphatic hydroxyl groups is 1. The molecule has 0 saturated carbocycles. The maximum absolute atomic E-state index is 12.7. The monoisotopic (exact) mass is 280 g/mol. The summed E-state index contributed by atoms with van der Waals surface area (Å²) < 4.78 is 76.2. The Kier molecular flexibility index (Phi) is 4.17. The molecule has 18 heavy (non-hydrogen) atoms. The summed E-state index contributed by atoms with van der Waals surface area (Å²) >= 11 is 0. The fourth-order valence-electron chi connectivity index (χ4n) is 2.38. The molecule has 1 N–H and O–H groups in total. The van der Waals surface area contributed by atoms with Gasteiger partial charge in [0.2, 0.25) is 0 Å². The molecule has 0 rings (SSSR count). The van der Waals surface area contributed by atoms with Crippen molar-refractivity contribution < 1.29 is 31.4 Å². The van der Waals surface area contributed by atoms with Gasteiger partial charge in [-0.1, -0.05) is 34.6 Å². The van der Waals surface area contributed by atoms with E-state index in [0.717, 1.165) is 13.8 Å². The zero-order valence-corrected chi connectivity index (χ0v) is 10.9. The molecule has 0 aliphatic carbocycles. The van der Waals surface area contributed by atoms with Gasteiger partial charge in [-0.05, 0) is 11.8 Å². The summed E-state index contributed by atoms with van der Waals surface area (Å²) in [6, 6.07) is 0. The third kappa shape index (κ3) is 3.10. The Balaban J connectivity index is 5.77. The van der Waals surface area contributed by atoms with Crippen LogP contribution < -0.4 is 0 Å². The summed E-state index contributed by atoms with van der Waals surface area (Å²) in [4.78, 5) is 0. The molecule has 0 fully saturated rings. The van der Waals surface area contributed by atoms with Crippen LogP contribution in [0.25, 0.3) is 0 Å². The van der Waals surface area contributed by atoms with Crippen molar-refractivity contribution in [2.75, 3.05) is 0 Å². The fraction of sp³-hybridized carbons (Fsp3) is 1.00. The first kappa shape index (κ1) is 17.5. The molecule has 0 aromatic heterocycles. The van der Waals surface area contributed by atoms with Crippen molar-refractivity contribution in [1.29, 1.82) is 0 Å². The molecule has 0 saturated heterocycles. The van der Waals surface area contributed by atoms with E-state index in [1.807, 2.05) is 0 Å². The summed E-state index contributed by atoms with van der Waals surface area (Å²) in [5.41, 5.74) is -7.89. The minimum absolute atomic E-state index is 0.435. The minimum Gasteiger partial charge on any atom is -0.373 e. The lowest BCUT2D eigenvalue weighted by molar-refractivity contribution is -0.402. The molecule has 0 bridgehead atoms. The van der Waals surface area contributed by atoms with Crippen molar-refractivity contribution in [3.05, 3.63) is 0 Å². The molecule has 1 nitrogen and oxygen atoms in total. The summed E-state index contributed by atoms with van der Waals surface area (Å²) in [7, 11) is 0. The van der Waals surface area contributed by atoms with Crippen LogP contribution in [0.3, 0.4) is 0 Å². The predicted molar refractivity (Wildman–Crippen MR) is 54.9 cm³/mol. The Morgan fingerprint density at radius 1 is 0.722 bits per heavy atom. The lowest BCUT2D eigenvalue weighted by Gasteiger charge is -2.46. The van der Waals surface area contributed by atoms with Gasteiger partial charge in [-0.3, -0.25) is 0 Å². The normalized spacial score (nSPS) is 16.0. The highest BCUT2D eigenvalue weighted by atomic mass is 19.4. The van der Waals surface area contributed by atoms with Crippen LogP contribution in [0.2, 0.25) is 0 Å². The lowest BCUT2D eigenvalue weighted by atomic mass is 9.65. The van der Waals surface area contributed by atoms with Gasteiger partial charge in [0, 0.05) is 5.41 Å². The van der Waals surface area contributed by atoms with Crippen LogP contribution in [0.5, 0.6) is 0 Å². The van der Waals surface area contributed by atoms with Gasteiger partial charge in [-0.2, -0.15) is 26.3 Å². The van der Waals surface area contributed by atoms with Crippen LogP contribution in [0.15, 0.2) is 0 Å². The molecule has 0 aliphatic heterocycles. The molecule has 7 heteroatoms. The second kappa shape index (κ2) is 4.28. The first-order chi connectivity index (χ1) is 7.46. The van der Waals surface area contributed by atoms with Gasteiger partial charge in [0.05, 0.1) is 0 Å². The molecule has 0 aromatic rings. The summed E-state index contributed by atoms with van der Waals surface area (Å²) in [6.07, 6.45) is -12.0. The van der Waals surface area contributed by atoms with E-state index in [2.05, 4.69) is 0 Å². The molecule has 0 spiro atoms. The third-order valence-corrected chi connectivity index (χ3v) is 2.77. The fourth-order valence-corrected chi connectivity index (χ4v) is 2.38. The van der Waals surface area contributed by atoms with E-state index in [-0.39, 0.29) is 0 Å². The van der Waals surface area contributed by atoms with Gasteiger partial charge in [-0.15, -0.1) is 0 Å². The van der Waals surface area contributed by atoms with Crippen LogP contribution in [-0.4, -0.2) is 23.1 Å². The maximum atomic E-state index is 12.7. The highest BCUT2D eigenvalue weighted by Gasteiger charge is 2.76. The first-order valence-corrected chi connectivity index (χ1v) is 5.31. The second-order valence-corrected chi connectivity index (χ2v) is 6.33. The van der Waals surface area contributed by atoms with E-state index in [9.17, 15) is 31.4 Å². The molecule has 0 atom stereocenters. The largest absolute Gasteiger partial charge is 0.426 e. The van der Waals surface area contributed by atoms with E-state index < -0.39 is 35.2 Å². The van der Waals surface area contributed by atoms with Crippen LogP contribution in [0, 0.1) is 10.8 Å². The van der Waals surface area contributed by atoms with Gasteiger partial charge < -0.3 is 5.11 Å². The van der Waals surface area contributed by atoms with Crippen LogP contribution >= 0.6 is 0 Å². The molecule has 0 radical (unpaired) electrons. The van der Waals surface area contributed by atoms with Gasteiger partial charge >= 0.3 is 12.4 Å². The van der Waals surface area contributed by atoms with Crippen molar-refractivity contribution in [3.8, 4) is 0 Å². The molecule has 110 valence electrons. The molecule has 0 heterocycles. The van der Waals surface area contributed by atoms with Crippen molar-refractivity contribution in [3.63, 3.8) is 0 Å². The maximum Gasteiger partial charge on any atom is 0.426 e. The second-order valence-electron chi connectivity index (χ2n) is 6.33. The van der Waals surface area contributed by atoms with E-state index in [0.29, 0.717) is 0 Å². The van der Waals surface area contributed by atoms with Gasteiger partial charge in [-0.25, -0.2) is 0 Å². The number of halogens is 6. The van der Waals surface area contributed by atoms with E-state index in [4.69, 9.17) is 0 Å². The molecule has 0 amide bonds. The van der Waals surface area contributed by atoms with E-state index in [1.54, 1.807) is 0 Å². The Bertz CT molecular complexity index is 280. The minimum atomic E-state index is -5.78. The summed E-state index contributed by atoms with van der Waals surface area (Å²) in [5.74, 6) is 0. The first-order valence-electron chi connectivity index (χ1n) is 5.31. The standard InChI is InChI=1S/C11H18F6O/c1-7(2,3)6-8(4,5)9(18,10(12,13)14)11(15,16)17/h18H,6H2,1-5H3. The van der Waals surface area contributed by atoms with Gasteiger partial charge in [0.15, 0.2) is 0 Å². The zero-order chi connectivity index (χ0) is 15.2. The Labute approximate surface area is 102 Å². The Morgan fingerprint density at radius 3 is 1.17 bits per heavy atom. The molecule has 0 aromatic carbocycles. The average Bonchev–Trinajstić information content (AvgIpc) is 1.92. The predicted octanol–water partition coefficient (Wildman–Crippen LogP) is 4.30. The zero-order valence-electron chi connectivity index (χ0n) is 10.9. The quantitative estimate of drug-likeness (QED) is 0.747. The number of alkyl halides is 6. The highest BCUT2D eigenvalue weighted by molar-refractivity contribution is 5.05. The Hall–Kier alpha value is -0.460. The van der Waals surface area contributed by atoms with E-state index >= 15 is 0 Å². The number of hydrogen-bond acceptors (Lipinski definition) is 1. The lowest BCUT2D eigenvalue weighted by Crippen LogP contribution is -2.66. The van der Waals surface area contributed by atoms with Crippen molar-refractivity contribution in [2.45, 2.75) is 59.0 Å². The molecule has 0 unspecified atom stereocenters. The molecular weight excluding hydrogens is 262 g/mol. The summed E-state index contributed by atoms with van der Waals surface area (Å²) in [5, 5.41) is 9.33. The van der Waals surface area contributed by atoms with Crippen molar-refractivity contribution >= 4 is 0 Å². The average molecular weight is 280 g/mol. The topological polar surface area (TPSA) is 20.2 Å². The SMILES string of the molecule is CC(C)(C)CC(C)(C)C(O)(C(F)(F)F)C(F)(F)F. The smallest absolute Gasteiger partial charge is 0.373 e. The van der Waals surface area contributed by atoms with Crippen molar-refractivity contribution in [1.82, 2.24) is 0 Å². The molecular formula is C11H18F6O. The van der Waals surface area contributed by atoms with Gasteiger partial charge in [0.25, 0.3) is 5.60 Å². The Morgan fingerprint density at radius 2 is 1.00 bits per heavy atom. The van der Waals surface area contributed by atoms with Gasteiger partial charge in [0.1, 0.15) is 0 Å². The third-order valence-electron chi connectivity index (χ3n) is 2.77. The summed E-state index contributed by atoms with van der Waals surface area (Å²) in [6.45, 7) is 6.10. The number of rotatable bonds is 2. The van der Waals surface area contributed by atoms with Crippen LogP contribution in [0.1, 0.15) is 41.0 Å². The highest BCUT2D eigenvalue weighted by Crippen LogP contribution is 2.56. The van der Waals surface area contributed by atoms with E-state index in [1.165, 1.54) is 20.8 Å². The number of hydrogen-bond donors (Lipinski definition) is 1. The van der Waals surface area contributed by atoms with Crippen LogP contribution in [-0.2, 0) is 0 Å². The molecule has 0 aliphatic rings. The van der Waals surface area contributed by atoms with Crippen molar-refractivity contribution in [2.24, 2.45) is 10.8 Å².